The zero-order valence-corrected chi connectivity index (χ0v) is 16.5. The molecule has 3 heterocycles. The fourth-order valence-electron chi connectivity index (χ4n) is 4.09. The first-order chi connectivity index (χ1) is 14.1. The number of hydrogen-bond acceptors (Lipinski definition) is 6. The van der Waals surface area contributed by atoms with Gasteiger partial charge in [0.2, 0.25) is 5.91 Å². The van der Waals surface area contributed by atoms with Crippen LogP contribution in [0.25, 0.3) is 0 Å². The van der Waals surface area contributed by atoms with Crippen LogP contribution in [-0.4, -0.2) is 77.5 Å². The molecule has 2 amide bonds. The lowest BCUT2D eigenvalue weighted by Gasteiger charge is -2.44. The van der Waals surface area contributed by atoms with Crippen LogP contribution in [-0.2, 0) is 14.3 Å². The van der Waals surface area contributed by atoms with Gasteiger partial charge in [0, 0.05) is 25.5 Å². The lowest BCUT2D eigenvalue weighted by Crippen LogP contribution is -2.57. The summed E-state index contributed by atoms with van der Waals surface area (Å²) in [5.41, 5.74) is 0.488. The third-order valence-corrected chi connectivity index (χ3v) is 5.85. The predicted octanol–water partition coefficient (Wildman–Crippen LogP) is 0.747. The number of ether oxygens (including phenoxy) is 2. The van der Waals surface area contributed by atoms with Gasteiger partial charge in [-0.05, 0) is 43.7 Å². The van der Waals surface area contributed by atoms with Gasteiger partial charge in [0.1, 0.15) is 6.10 Å². The Labute approximate surface area is 170 Å². The summed E-state index contributed by atoms with van der Waals surface area (Å²) in [7, 11) is 0. The SMILES string of the molecule is O=C(C[C@@H]1CC[C@H]2[C@@H](COC[C@H](O)CN2C(=O)c2cccnc2)O1)NCC1CC1. The number of aliphatic hydroxyl groups excluding tert-OH is 1. The Morgan fingerprint density at radius 1 is 1.24 bits per heavy atom. The van der Waals surface area contributed by atoms with Gasteiger partial charge in [-0.15, -0.1) is 0 Å². The molecule has 0 spiro atoms. The summed E-state index contributed by atoms with van der Waals surface area (Å²) in [5, 5.41) is 13.2. The number of carbonyl (C=O) groups excluding carboxylic acids is 2. The fourth-order valence-corrected chi connectivity index (χ4v) is 4.09. The van der Waals surface area contributed by atoms with E-state index in [9.17, 15) is 14.7 Å². The molecule has 8 heteroatoms. The maximum atomic E-state index is 13.1. The molecule has 3 aliphatic rings. The van der Waals surface area contributed by atoms with Crippen molar-refractivity contribution in [3.05, 3.63) is 30.1 Å². The Bertz CT molecular complexity index is 712. The molecule has 8 nitrogen and oxygen atoms in total. The van der Waals surface area contributed by atoms with Crippen molar-refractivity contribution in [1.82, 2.24) is 15.2 Å². The number of nitrogens with zero attached hydrogens (tertiary/aromatic N) is 2. The summed E-state index contributed by atoms with van der Waals surface area (Å²) in [6, 6.07) is 3.24. The van der Waals surface area contributed by atoms with Crippen LogP contribution < -0.4 is 5.32 Å². The Kier molecular flexibility index (Phi) is 6.42. The molecule has 0 aromatic carbocycles. The molecule has 4 atom stereocenters. The van der Waals surface area contributed by atoms with E-state index in [1.165, 1.54) is 19.0 Å². The number of amides is 2. The van der Waals surface area contributed by atoms with Crippen molar-refractivity contribution in [2.75, 3.05) is 26.3 Å². The molecule has 3 fully saturated rings. The van der Waals surface area contributed by atoms with Crippen LogP contribution in [0.5, 0.6) is 0 Å². The van der Waals surface area contributed by atoms with Gasteiger partial charge >= 0.3 is 0 Å². The highest BCUT2D eigenvalue weighted by atomic mass is 16.5. The first-order valence-electron chi connectivity index (χ1n) is 10.5. The minimum Gasteiger partial charge on any atom is -0.389 e. The number of hydrogen-bond donors (Lipinski definition) is 2. The van der Waals surface area contributed by atoms with Crippen molar-refractivity contribution in [1.29, 1.82) is 0 Å². The molecule has 158 valence electrons. The standard InChI is InChI=1S/C21H29N3O5/c25-16-11-24(21(27)15-2-1-7-22-10-15)18-6-5-17(29-19(18)13-28-12-16)8-20(26)23-9-14-3-4-14/h1-2,7,10,14,16-19,25H,3-6,8-9,11-13H2,(H,23,26)/t16-,17+,18+,19-/m1/s1. The summed E-state index contributed by atoms with van der Waals surface area (Å²) in [5.74, 6) is 0.497. The number of aromatic nitrogens is 1. The van der Waals surface area contributed by atoms with Crippen LogP contribution in [0.2, 0.25) is 0 Å². The van der Waals surface area contributed by atoms with Crippen molar-refractivity contribution in [3.8, 4) is 0 Å². The second-order valence-electron chi connectivity index (χ2n) is 8.28. The van der Waals surface area contributed by atoms with Crippen LogP contribution in [0.15, 0.2) is 24.5 Å². The third kappa shape index (κ3) is 5.32. The number of aliphatic hydroxyl groups is 1. The average Bonchev–Trinajstić information content (AvgIpc) is 3.54. The van der Waals surface area contributed by atoms with Gasteiger partial charge in [-0.3, -0.25) is 14.6 Å². The zero-order chi connectivity index (χ0) is 20.2. The van der Waals surface area contributed by atoms with Crippen molar-refractivity contribution in [2.24, 2.45) is 5.92 Å². The van der Waals surface area contributed by atoms with E-state index in [2.05, 4.69) is 10.3 Å². The molecular weight excluding hydrogens is 374 g/mol. The smallest absolute Gasteiger partial charge is 0.255 e. The van der Waals surface area contributed by atoms with E-state index < -0.39 is 6.10 Å². The Balaban J connectivity index is 1.41. The van der Waals surface area contributed by atoms with Gasteiger partial charge in [-0.2, -0.15) is 0 Å². The summed E-state index contributed by atoms with van der Waals surface area (Å²) in [6.45, 7) is 1.38. The molecule has 2 aliphatic heterocycles. The second kappa shape index (κ2) is 9.19. The van der Waals surface area contributed by atoms with E-state index in [-0.39, 0.29) is 43.2 Å². The van der Waals surface area contributed by atoms with Crippen LogP contribution in [0.3, 0.4) is 0 Å². The van der Waals surface area contributed by atoms with Crippen molar-refractivity contribution in [2.45, 2.75) is 56.5 Å². The van der Waals surface area contributed by atoms with Gasteiger partial charge in [-0.25, -0.2) is 0 Å². The molecule has 1 saturated carbocycles. The molecule has 2 N–H and O–H groups in total. The number of carbonyl (C=O) groups is 2. The minimum absolute atomic E-state index is 0.0193. The van der Waals surface area contributed by atoms with Gasteiger partial charge in [0.05, 0.1) is 43.4 Å². The Morgan fingerprint density at radius 2 is 2.10 bits per heavy atom. The maximum absolute atomic E-state index is 13.1. The highest BCUT2D eigenvalue weighted by Crippen LogP contribution is 2.29. The van der Waals surface area contributed by atoms with Crippen LogP contribution in [0, 0.1) is 5.92 Å². The largest absolute Gasteiger partial charge is 0.389 e. The van der Waals surface area contributed by atoms with Gasteiger partial charge < -0.3 is 24.8 Å². The zero-order valence-electron chi connectivity index (χ0n) is 16.5. The van der Waals surface area contributed by atoms with E-state index in [1.807, 2.05) is 0 Å². The summed E-state index contributed by atoms with van der Waals surface area (Å²) < 4.78 is 11.8. The first kappa shape index (κ1) is 20.3. The lowest BCUT2D eigenvalue weighted by atomic mass is 9.94. The van der Waals surface area contributed by atoms with E-state index in [0.29, 0.717) is 37.4 Å². The molecule has 1 aliphatic carbocycles. The molecule has 2 saturated heterocycles. The highest BCUT2D eigenvalue weighted by molar-refractivity contribution is 5.94. The number of β-amino-alcohol motifs (C(OH)–C–C–N with tert-alkyl or cyclic N) is 1. The molecule has 1 aromatic rings. The molecule has 4 rings (SSSR count). The van der Waals surface area contributed by atoms with Gasteiger partial charge in [0.15, 0.2) is 0 Å². The summed E-state index contributed by atoms with van der Waals surface area (Å²) in [6.07, 6.45) is 6.03. The topological polar surface area (TPSA) is 101 Å². The van der Waals surface area contributed by atoms with Gasteiger partial charge in [0.25, 0.3) is 5.91 Å². The van der Waals surface area contributed by atoms with Crippen molar-refractivity contribution < 1.29 is 24.2 Å². The van der Waals surface area contributed by atoms with E-state index >= 15 is 0 Å². The average molecular weight is 403 g/mol. The third-order valence-electron chi connectivity index (χ3n) is 5.85. The highest BCUT2D eigenvalue weighted by Gasteiger charge is 2.40. The van der Waals surface area contributed by atoms with Crippen molar-refractivity contribution in [3.63, 3.8) is 0 Å². The fraction of sp³-hybridized carbons (Fsp3) is 0.667. The summed E-state index contributed by atoms with van der Waals surface area (Å²) in [4.78, 5) is 31.0. The van der Waals surface area contributed by atoms with E-state index in [0.717, 1.165) is 6.54 Å². The minimum atomic E-state index is -0.748. The van der Waals surface area contributed by atoms with Crippen LogP contribution in [0.4, 0.5) is 0 Å². The number of pyridine rings is 1. The Hall–Kier alpha value is -2.03. The van der Waals surface area contributed by atoms with E-state index in [1.54, 1.807) is 23.2 Å². The lowest BCUT2D eigenvalue weighted by molar-refractivity contribution is -0.150. The van der Waals surface area contributed by atoms with E-state index in [4.69, 9.17) is 9.47 Å². The molecule has 0 bridgehead atoms. The summed E-state index contributed by atoms with van der Waals surface area (Å²) >= 11 is 0. The molecular formula is C21H29N3O5. The predicted molar refractivity (Wildman–Crippen MR) is 104 cm³/mol. The molecule has 0 radical (unpaired) electrons. The Morgan fingerprint density at radius 3 is 2.86 bits per heavy atom. The first-order valence-corrected chi connectivity index (χ1v) is 10.5. The number of nitrogens with one attached hydrogen (secondary N) is 1. The van der Waals surface area contributed by atoms with Crippen LogP contribution in [0.1, 0.15) is 42.5 Å². The quantitative estimate of drug-likeness (QED) is 0.752. The monoisotopic (exact) mass is 403 g/mol. The van der Waals surface area contributed by atoms with Crippen LogP contribution >= 0.6 is 0 Å². The number of rotatable bonds is 5. The van der Waals surface area contributed by atoms with Crippen molar-refractivity contribution >= 4 is 11.8 Å². The maximum Gasteiger partial charge on any atom is 0.255 e. The molecule has 0 unspecified atom stereocenters. The number of fused-ring (bicyclic) bond motifs is 1. The molecule has 29 heavy (non-hydrogen) atoms. The molecule has 1 aromatic heterocycles. The second-order valence-corrected chi connectivity index (χ2v) is 8.28. The van der Waals surface area contributed by atoms with Gasteiger partial charge in [-0.1, -0.05) is 0 Å². The normalized spacial score (nSPS) is 30.0.